The minimum Gasteiger partial charge on any atom is -0.490 e. The molecule has 1 aliphatic carbocycles. The zero-order valence-corrected chi connectivity index (χ0v) is 80.3. The maximum Gasteiger partial charge on any atom is 0.162 e. The molecule has 0 N–H and O–H groups in total. The summed E-state index contributed by atoms with van der Waals surface area (Å²) in [5, 5.41) is 0. The molecule has 0 amide bonds. The quantitative estimate of drug-likeness (QED) is 0.0324. The lowest BCUT2D eigenvalue weighted by Gasteiger charge is -2.16. The average Bonchev–Trinajstić information content (AvgIpc) is 0.798. The van der Waals surface area contributed by atoms with Crippen LogP contribution in [0.25, 0.3) is 0 Å². The summed E-state index contributed by atoms with van der Waals surface area (Å²) in [6, 6.07) is 12.8. The molecule has 1 aliphatic rings. The number of rotatable bonds is 90. The van der Waals surface area contributed by atoms with Crippen molar-refractivity contribution in [2.45, 2.75) is 542 Å². The molecular weight excluding hydrogens is 1470 g/mol. The molecule has 0 heterocycles. The summed E-state index contributed by atoms with van der Waals surface area (Å²) in [6.07, 6.45) is 102. The highest BCUT2D eigenvalue weighted by Gasteiger charge is 2.18. The molecule has 4 rings (SSSR count). The summed E-state index contributed by atoms with van der Waals surface area (Å²) in [5.74, 6) is 26.8. The third-order valence-electron chi connectivity index (χ3n) is 25.3. The van der Waals surface area contributed by atoms with Crippen molar-refractivity contribution in [1.29, 1.82) is 0 Å². The molecule has 3 aromatic rings. The van der Waals surface area contributed by atoms with Gasteiger partial charge in [-0.2, -0.15) is 0 Å². The van der Waals surface area contributed by atoms with E-state index >= 15 is 0 Å². The second-order valence-electron chi connectivity index (χ2n) is 36.8. The largest absolute Gasteiger partial charge is 0.490 e. The van der Waals surface area contributed by atoms with Crippen molar-refractivity contribution >= 4 is 0 Å². The monoisotopic (exact) mass is 1660 g/mol. The first kappa shape index (κ1) is 107. The normalized spacial score (nSPS) is 11.6. The van der Waals surface area contributed by atoms with Crippen LogP contribution in [0.1, 0.15) is 576 Å². The van der Waals surface area contributed by atoms with Crippen molar-refractivity contribution in [2.24, 2.45) is 0 Å². The van der Waals surface area contributed by atoms with Gasteiger partial charge < -0.3 is 28.4 Å². The molecule has 0 radical (unpaired) electrons. The van der Waals surface area contributed by atoms with E-state index < -0.39 is 0 Å². The predicted octanol–water partition coefficient (Wildman–Crippen LogP) is 37.0. The topological polar surface area (TPSA) is 55.4 Å². The first-order valence-corrected chi connectivity index (χ1v) is 53.4. The Hall–Kier alpha value is -4.86. The van der Waals surface area contributed by atoms with Gasteiger partial charge in [-0.25, -0.2) is 0 Å². The van der Waals surface area contributed by atoms with E-state index in [0.717, 1.165) is 145 Å². The van der Waals surface area contributed by atoms with Crippen molar-refractivity contribution in [3.8, 4) is 70.0 Å². The second kappa shape index (κ2) is 82.4. The van der Waals surface area contributed by atoms with Crippen LogP contribution in [0.3, 0.4) is 0 Å². The lowest BCUT2D eigenvalue weighted by Crippen LogP contribution is -2.05. The summed E-state index contributed by atoms with van der Waals surface area (Å²) in [4.78, 5) is 0. The van der Waals surface area contributed by atoms with E-state index in [1.54, 1.807) is 0 Å². The zero-order chi connectivity index (χ0) is 85.1. The number of hydrogen-bond acceptors (Lipinski definition) is 6. The molecule has 684 valence electrons. The van der Waals surface area contributed by atoms with Crippen LogP contribution in [-0.4, -0.2) is 39.6 Å². The van der Waals surface area contributed by atoms with Gasteiger partial charge in [-0.3, -0.25) is 0 Å². The molecule has 3 aromatic carbocycles. The minimum absolute atomic E-state index is 0.629. The Kier molecular flexibility index (Phi) is 73.8. The average molecular weight is 1660 g/mol. The van der Waals surface area contributed by atoms with Gasteiger partial charge in [-0.1, -0.05) is 539 Å². The third-order valence-corrected chi connectivity index (χ3v) is 25.3. The molecule has 0 unspecified atom stereocenters. The molecule has 6 nitrogen and oxygen atoms in total. The SMILES string of the molecule is CCCCCCCCCCCCCCCOc1cc2c(cc1OCCCCCCCCCCCCCCC)C#Cc1cc(OCCCCCCCCCCCCCCC)c(OCCCCCCCCCCCCCCC)cc1C#Cc1cc(OCCCCCCCCCCCCCCC)c(OCCCCCCCCCCCCCCC)cc1C#C2. The molecule has 0 aliphatic heterocycles. The molecule has 6 heteroatoms. The highest BCUT2D eigenvalue weighted by atomic mass is 16.5. The van der Waals surface area contributed by atoms with E-state index in [2.05, 4.69) is 113 Å². The Labute approximate surface area is 745 Å². The van der Waals surface area contributed by atoms with Crippen LogP contribution in [0.5, 0.6) is 34.5 Å². The van der Waals surface area contributed by atoms with Gasteiger partial charge in [0, 0.05) is 69.8 Å². The minimum atomic E-state index is 0.629. The molecule has 0 saturated carbocycles. The van der Waals surface area contributed by atoms with Crippen LogP contribution in [0.2, 0.25) is 0 Å². The van der Waals surface area contributed by atoms with E-state index in [-0.39, 0.29) is 0 Å². The van der Waals surface area contributed by atoms with Crippen molar-refractivity contribution in [2.75, 3.05) is 39.6 Å². The summed E-state index contributed by atoms with van der Waals surface area (Å²) < 4.78 is 41.5. The molecule has 0 saturated heterocycles. The van der Waals surface area contributed by atoms with Crippen molar-refractivity contribution in [3.63, 3.8) is 0 Å². The highest BCUT2D eigenvalue weighted by molar-refractivity contribution is 5.67. The standard InChI is InChI=1S/C114H192O6/c1-7-13-19-25-31-37-43-49-55-61-67-73-79-91-115-109-97-103-85-86-105-99-111(117-93-81-75-69-63-57-51-45-39-33-27-21-15-9-3)113(119-95-83-77-71-65-59-53-47-41-35-29-23-17-11-5)101-107(105)89-90-108-102-114(120-96-84-78-72-66-60-54-48-42-36-30-24-18-12-6)112(118-94-82-76-70-64-58-52-46-40-34-28-22-16-10-4)100-106(108)88-87-104(103)98-110(109)116-92-80-74-68-62-56-50-44-38-32-26-20-14-8-2/h97-102H,7-84,91-96H2,1-6H3. The van der Waals surface area contributed by atoms with Gasteiger partial charge in [0.1, 0.15) is 0 Å². The Balaban J connectivity index is 1.75. The molecule has 0 atom stereocenters. The number of unbranched alkanes of at least 4 members (excludes halogenated alkanes) is 72. The van der Waals surface area contributed by atoms with Crippen molar-refractivity contribution in [1.82, 2.24) is 0 Å². The van der Waals surface area contributed by atoms with Gasteiger partial charge in [0.25, 0.3) is 0 Å². The Morgan fingerprint density at radius 3 is 0.300 bits per heavy atom. The maximum atomic E-state index is 6.91. The number of ether oxygens (including phenoxy) is 6. The third kappa shape index (κ3) is 59.9. The molecule has 0 aromatic heterocycles. The van der Waals surface area contributed by atoms with Crippen LogP contribution >= 0.6 is 0 Å². The van der Waals surface area contributed by atoms with Gasteiger partial charge >= 0.3 is 0 Å². The van der Waals surface area contributed by atoms with Gasteiger partial charge in [0.05, 0.1) is 39.6 Å². The van der Waals surface area contributed by atoms with E-state index in [0.29, 0.717) is 39.6 Å². The summed E-state index contributed by atoms with van der Waals surface area (Å²) in [6.45, 7) is 17.6. The fourth-order valence-electron chi connectivity index (χ4n) is 17.2. The lowest BCUT2D eigenvalue weighted by molar-refractivity contribution is 0.258. The Morgan fingerprint density at radius 2 is 0.208 bits per heavy atom. The van der Waals surface area contributed by atoms with Crippen LogP contribution in [0, 0.1) is 35.5 Å². The first-order valence-electron chi connectivity index (χ1n) is 53.4. The van der Waals surface area contributed by atoms with Crippen LogP contribution in [0.4, 0.5) is 0 Å². The lowest BCUT2D eigenvalue weighted by atomic mass is 10.0. The predicted molar refractivity (Wildman–Crippen MR) is 524 cm³/mol. The van der Waals surface area contributed by atoms with Gasteiger partial charge in [-0.05, 0) is 38.5 Å². The zero-order valence-electron chi connectivity index (χ0n) is 80.3. The van der Waals surface area contributed by atoms with E-state index in [1.807, 2.05) is 0 Å². The summed E-state index contributed by atoms with van der Waals surface area (Å²) >= 11 is 0. The van der Waals surface area contributed by atoms with Gasteiger partial charge in [0.2, 0.25) is 0 Å². The highest BCUT2D eigenvalue weighted by Crippen LogP contribution is 2.37. The smallest absolute Gasteiger partial charge is 0.162 e. The van der Waals surface area contributed by atoms with Crippen molar-refractivity contribution in [3.05, 3.63) is 69.8 Å². The van der Waals surface area contributed by atoms with E-state index in [9.17, 15) is 0 Å². The van der Waals surface area contributed by atoms with Crippen LogP contribution in [0.15, 0.2) is 36.4 Å². The van der Waals surface area contributed by atoms with Crippen LogP contribution < -0.4 is 28.4 Å². The first-order chi connectivity index (χ1) is 59.5. The summed E-state index contributed by atoms with van der Waals surface area (Å²) in [7, 11) is 0. The maximum absolute atomic E-state index is 6.91. The molecule has 0 fully saturated rings. The fraction of sp³-hybridized carbons (Fsp3) is 0.789. The van der Waals surface area contributed by atoms with Gasteiger partial charge in [0.15, 0.2) is 34.5 Å². The molecule has 0 spiro atoms. The summed E-state index contributed by atoms with van der Waals surface area (Å²) in [5.41, 5.74) is 4.87. The van der Waals surface area contributed by atoms with Crippen molar-refractivity contribution < 1.29 is 28.4 Å². The number of fused-ring (bicyclic) bond motifs is 3. The Morgan fingerprint density at radius 1 is 0.125 bits per heavy atom. The molecular formula is C114H192O6. The molecule has 0 bridgehead atoms. The van der Waals surface area contributed by atoms with Crippen LogP contribution in [-0.2, 0) is 0 Å². The van der Waals surface area contributed by atoms with E-state index in [4.69, 9.17) is 28.4 Å². The number of hydrogen-bond donors (Lipinski definition) is 0. The van der Waals surface area contributed by atoms with E-state index in [1.165, 1.54) is 424 Å². The van der Waals surface area contributed by atoms with Gasteiger partial charge in [-0.15, -0.1) is 0 Å². The fourth-order valence-corrected chi connectivity index (χ4v) is 17.2. The Bertz CT molecular complexity index is 2490. The number of benzene rings is 3. The second-order valence-corrected chi connectivity index (χ2v) is 36.8. The molecule has 120 heavy (non-hydrogen) atoms.